The normalized spacial score (nSPS) is 15.9. The number of nitrogens with one attached hydrogen (secondary N) is 3. The Morgan fingerprint density at radius 1 is 0.560 bits per heavy atom. The Bertz CT molecular complexity index is 3150. The van der Waals surface area contributed by atoms with Gasteiger partial charge in [0.15, 0.2) is 0 Å². The van der Waals surface area contributed by atoms with Gasteiger partial charge in [0.25, 0.3) is 0 Å². The zero-order valence-electron chi connectivity index (χ0n) is 49.3. The molecule has 84 heavy (non-hydrogen) atoms. The zero-order chi connectivity index (χ0) is 60.0. The van der Waals surface area contributed by atoms with Crippen molar-refractivity contribution in [2.24, 2.45) is 0 Å². The number of ether oxygens (including phenoxy) is 2. The summed E-state index contributed by atoms with van der Waals surface area (Å²) in [5, 5.41) is 9.65. The fourth-order valence-electron chi connectivity index (χ4n) is 10.9. The molecule has 9 rings (SSSR count). The highest BCUT2D eigenvalue weighted by molar-refractivity contribution is 9.10. The van der Waals surface area contributed by atoms with E-state index in [1.807, 2.05) is 60.7 Å². The highest BCUT2D eigenvalue weighted by atomic mass is 79.9. The summed E-state index contributed by atoms with van der Waals surface area (Å²) in [6.07, 6.45) is 18.1. The molecule has 3 fully saturated rings. The number of benzene rings is 6. The SMILES string of the molecule is C[N+](C)(Cc1ccc(NC(=O)/C=C/c2ccc(Br)cc2)cc1)C1CCOCC1.C[N+](C)(Cc1ccc(NC(=O)/C=C/c2cccc(F)c2)cc1)C1CCOCC1.C[N+]1(Cc2ccc(CNC(=O)/C=C/c3ccc(Cl)c(Cl)c3)cc2)CCCCC1. The number of nitrogens with zero attached hydrogens (tertiary/aromatic N) is 3. The van der Waals surface area contributed by atoms with Crippen LogP contribution in [-0.2, 0) is 50.0 Å². The number of anilines is 2. The molecule has 3 aliphatic rings. The Labute approximate surface area is 516 Å². The Kier molecular flexibility index (Phi) is 25.1. The summed E-state index contributed by atoms with van der Waals surface area (Å²) >= 11 is 15.3. The smallest absolute Gasteiger partial charge is 0.248 e. The molecule has 0 aromatic heterocycles. The summed E-state index contributed by atoms with van der Waals surface area (Å²) in [5.74, 6) is -0.828. The van der Waals surface area contributed by atoms with Crippen molar-refractivity contribution in [1.82, 2.24) is 5.32 Å². The van der Waals surface area contributed by atoms with Crippen LogP contribution in [0, 0.1) is 5.82 Å². The second kappa shape index (κ2) is 32.3. The molecule has 15 heteroatoms. The van der Waals surface area contributed by atoms with Crippen molar-refractivity contribution in [3.05, 3.63) is 217 Å². The fraction of sp³-hybridized carbons (Fsp3) is 0.348. The lowest BCUT2D eigenvalue weighted by Gasteiger charge is -2.40. The van der Waals surface area contributed by atoms with E-state index in [9.17, 15) is 18.8 Å². The van der Waals surface area contributed by atoms with Gasteiger partial charge in [0, 0.05) is 83.0 Å². The van der Waals surface area contributed by atoms with Crippen LogP contribution in [0.5, 0.6) is 0 Å². The van der Waals surface area contributed by atoms with Crippen molar-refractivity contribution in [2.75, 3.05) is 85.4 Å². The molecule has 0 saturated carbocycles. The van der Waals surface area contributed by atoms with E-state index in [4.69, 9.17) is 32.7 Å². The van der Waals surface area contributed by atoms with Crippen molar-refractivity contribution in [3.8, 4) is 0 Å². The molecule has 0 atom stereocenters. The molecule has 3 amide bonds. The number of carbonyl (C=O) groups is 3. The van der Waals surface area contributed by atoms with Gasteiger partial charge in [0.1, 0.15) is 25.5 Å². The molecule has 0 aliphatic carbocycles. The van der Waals surface area contributed by atoms with Crippen LogP contribution in [0.2, 0.25) is 10.0 Å². The number of hydrogen-bond donors (Lipinski definition) is 3. The first-order valence-electron chi connectivity index (χ1n) is 29.1. The van der Waals surface area contributed by atoms with Gasteiger partial charge in [-0.2, -0.15) is 0 Å². The summed E-state index contributed by atoms with van der Waals surface area (Å²) in [5.41, 5.74) is 9.01. The van der Waals surface area contributed by atoms with Gasteiger partial charge in [-0.1, -0.05) is 118 Å². The quantitative estimate of drug-likeness (QED) is 0.0587. The topological polar surface area (TPSA) is 106 Å². The first-order chi connectivity index (χ1) is 40.3. The maximum absolute atomic E-state index is 13.2. The lowest BCUT2D eigenvalue weighted by atomic mass is 10.0. The number of piperidine rings is 1. The Morgan fingerprint density at radius 3 is 1.51 bits per heavy atom. The molecule has 11 nitrogen and oxygen atoms in total. The van der Waals surface area contributed by atoms with Crippen LogP contribution in [0.4, 0.5) is 15.8 Å². The van der Waals surface area contributed by atoms with E-state index in [1.165, 1.54) is 73.3 Å². The van der Waals surface area contributed by atoms with Gasteiger partial charge in [0.2, 0.25) is 17.7 Å². The average Bonchev–Trinajstić information content (AvgIpc) is 3.63. The lowest BCUT2D eigenvalue weighted by Crippen LogP contribution is -2.50. The van der Waals surface area contributed by atoms with Crippen LogP contribution < -0.4 is 16.0 Å². The van der Waals surface area contributed by atoms with E-state index in [1.54, 1.807) is 42.5 Å². The number of carbonyl (C=O) groups excluding carboxylic acids is 3. The second-order valence-corrected chi connectivity index (χ2v) is 25.3. The van der Waals surface area contributed by atoms with Crippen molar-refractivity contribution < 1.29 is 41.7 Å². The number of hydrogen-bond acceptors (Lipinski definition) is 5. The molecular formula is C69H83BrCl2FN6O5+3. The molecule has 3 heterocycles. The van der Waals surface area contributed by atoms with Gasteiger partial charge in [-0.05, 0) is 120 Å². The predicted molar refractivity (Wildman–Crippen MR) is 345 cm³/mol. The van der Waals surface area contributed by atoms with Crippen LogP contribution in [0.25, 0.3) is 18.2 Å². The Hall–Kier alpha value is -6.26. The van der Waals surface area contributed by atoms with Crippen molar-refractivity contribution >= 4 is 86.5 Å². The van der Waals surface area contributed by atoms with Crippen LogP contribution in [-0.4, -0.2) is 118 Å². The minimum atomic E-state index is -0.319. The monoisotopic (exact) mass is 1240 g/mol. The standard InChI is InChI=1S/C23H27BrN2O2.C23H26Cl2N2O.C23H27FN2O2/c1-26(2,22-13-15-28-16-14-22)17-19-5-10-21(11-6-19)25-23(27)12-7-18-3-8-20(24)9-4-18;1-27(13-3-2-4-14-27)17-20-7-5-19(6-8-20)16-26-23(28)12-10-18-9-11-21(24)22(25)15-18;1-26(2,22-12-14-28-15-13-22)17-19-6-9-21(10-7-19)25-23(27)11-8-18-4-3-5-20(24)16-18/h3-12,22H,13-17H2,1-2H3;5-12,15H,2-4,13-14,16-17H2,1H3;3-11,16,22H,12-15,17H2,1-2H3/p+3/b12-7+;12-10+;11-8+. The summed E-state index contributed by atoms with van der Waals surface area (Å²) < 4.78 is 28.2. The van der Waals surface area contributed by atoms with E-state index in [2.05, 4.69) is 116 Å². The molecule has 0 radical (unpaired) electrons. The molecule has 6 aromatic carbocycles. The largest absolute Gasteiger partial charge is 0.381 e. The summed E-state index contributed by atoms with van der Waals surface area (Å²) in [7, 11) is 11.5. The van der Waals surface area contributed by atoms with Gasteiger partial charge in [-0.25, -0.2) is 4.39 Å². The number of halogens is 4. The zero-order valence-corrected chi connectivity index (χ0v) is 52.4. The first-order valence-corrected chi connectivity index (χ1v) is 30.6. The average molecular weight is 1250 g/mol. The van der Waals surface area contributed by atoms with Crippen molar-refractivity contribution in [3.63, 3.8) is 0 Å². The molecule has 0 bridgehead atoms. The molecule has 3 N–H and O–H groups in total. The van der Waals surface area contributed by atoms with E-state index in [-0.39, 0.29) is 23.5 Å². The Morgan fingerprint density at radius 2 is 1.01 bits per heavy atom. The van der Waals surface area contributed by atoms with E-state index < -0.39 is 0 Å². The predicted octanol–water partition coefficient (Wildman–Crippen LogP) is 14.5. The second-order valence-electron chi connectivity index (χ2n) is 23.5. The maximum atomic E-state index is 13.2. The molecule has 444 valence electrons. The maximum Gasteiger partial charge on any atom is 0.248 e. The third kappa shape index (κ3) is 22.3. The van der Waals surface area contributed by atoms with Crippen LogP contribution >= 0.6 is 39.1 Å². The van der Waals surface area contributed by atoms with E-state index in [0.717, 1.165) is 118 Å². The first kappa shape index (κ1) is 65.3. The number of likely N-dealkylation sites (tertiary alicyclic amines) is 1. The minimum absolute atomic E-state index is 0.131. The van der Waals surface area contributed by atoms with Crippen LogP contribution in [0.1, 0.15) is 83.9 Å². The molecule has 3 aliphatic heterocycles. The molecule has 0 unspecified atom stereocenters. The highest BCUT2D eigenvalue weighted by Crippen LogP contribution is 2.27. The third-order valence-electron chi connectivity index (χ3n) is 15.9. The van der Waals surface area contributed by atoms with Gasteiger partial charge >= 0.3 is 0 Å². The van der Waals surface area contributed by atoms with Gasteiger partial charge in [-0.3, -0.25) is 14.4 Å². The van der Waals surface area contributed by atoms with Gasteiger partial charge < -0.3 is 38.9 Å². The summed E-state index contributed by atoms with van der Waals surface area (Å²) in [4.78, 5) is 36.3. The third-order valence-corrected chi connectivity index (χ3v) is 17.1. The summed E-state index contributed by atoms with van der Waals surface area (Å²) in [6.45, 7) is 9.47. The van der Waals surface area contributed by atoms with Crippen LogP contribution in [0.3, 0.4) is 0 Å². The molecule has 3 saturated heterocycles. The van der Waals surface area contributed by atoms with Crippen molar-refractivity contribution in [1.29, 1.82) is 0 Å². The number of amides is 3. The molecule has 0 spiro atoms. The van der Waals surface area contributed by atoms with Gasteiger partial charge in [-0.15, -0.1) is 0 Å². The van der Waals surface area contributed by atoms with Crippen molar-refractivity contribution in [2.45, 2.75) is 83.2 Å². The van der Waals surface area contributed by atoms with Gasteiger partial charge in [0.05, 0.1) is 96.9 Å². The lowest BCUT2D eigenvalue weighted by molar-refractivity contribution is -0.929. The highest BCUT2D eigenvalue weighted by Gasteiger charge is 2.32. The minimum Gasteiger partial charge on any atom is -0.381 e. The number of quaternary nitrogens is 3. The number of rotatable bonds is 18. The molecular weight excluding hydrogens is 1160 g/mol. The van der Waals surface area contributed by atoms with E-state index >= 15 is 0 Å². The summed E-state index contributed by atoms with van der Waals surface area (Å²) in [6, 6.07) is 45.2. The van der Waals surface area contributed by atoms with E-state index in [0.29, 0.717) is 34.2 Å². The Balaban J connectivity index is 0.000000181. The molecule has 6 aromatic rings. The fourth-order valence-corrected chi connectivity index (χ4v) is 11.5. The van der Waals surface area contributed by atoms with Crippen LogP contribution in [0.15, 0.2) is 162 Å².